The van der Waals surface area contributed by atoms with Crippen LogP contribution in [0.3, 0.4) is 0 Å². The Balaban J connectivity index is 0.00000576. The van der Waals surface area contributed by atoms with Gasteiger partial charge in [-0.15, -0.1) is 24.0 Å². The number of carbonyl (C=O) groups excluding carboxylic acids is 1. The number of benzene rings is 1. The van der Waals surface area contributed by atoms with E-state index in [1.807, 2.05) is 38.1 Å². The Bertz CT molecular complexity index is 550. The number of aliphatic imine (C=N–C) groups is 1. The average molecular weight is 460 g/mol. The van der Waals surface area contributed by atoms with Gasteiger partial charge in [0, 0.05) is 18.7 Å². The monoisotopic (exact) mass is 460 g/mol. The molecule has 25 heavy (non-hydrogen) atoms. The minimum absolute atomic E-state index is 0. The van der Waals surface area contributed by atoms with Crippen molar-refractivity contribution in [2.24, 2.45) is 4.99 Å². The second kappa shape index (κ2) is 14.6. The van der Waals surface area contributed by atoms with Crippen LogP contribution in [0.4, 0.5) is 0 Å². The van der Waals surface area contributed by atoms with Gasteiger partial charge in [-0.1, -0.05) is 37.8 Å². The Morgan fingerprint density at radius 1 is 1.24 bits per heavy atom. The summed E-state index contributed by atoms with van der Waals surface area (Å²) in [5.41, 5.74) is 0.979. The van der Waals surface area contributed by atoms with Crippen molar-refractivity contribution in [3.05, 3.63) is 42.5 Å². The third-order valence-electron chi connectivity index (χ3n) is 3.07. The highest BCUT2D eigenvalue weighted by Crippen LogP contribution is 2.18. The third kappa shape index (κ3) is 9.96. The molecule has 0 atom stereocenters. The Morgan fingerprint density at radius 2 is 2.00 bits per heavy atom. The smallest absolute Gasteiger partial charge is 0.239 e. The predicted octanol–water partition coefficient (Wildman–Crippen LogP) is 2.45. The quantitative estimate of drug-likeness (QED) is 0.217. The second-order valence-electron chi connectivity index (χ2n) is 5.11. The van der Waals surface area contributed by atoms with Crippen molar-refractivity contribution in [2.45, 2.75) is 26.8 Å². The maximum Gasteiger partial charge on any atom is 0.239 e. The molecule has 7 heteroatoms. The number of rotatable bonds is 10. The van der Waals surface area contributed by atoms with E-state index in [1.54, 1.807) is 6.08 Å². The van der Waals surface area contributed by atoms with Crippen molar-refractivity contribution in [1.29, 1.82) is 0 Å². The highest BCUT2D eigenvalue weighted by Gasteiger charge is 2.05. The summed E-state index contributed by atoms with van der Waals surface area (Å²) in [6.45, 7) is 10.2. The first kappa shape index (κ1) is 23.2. The lowest BCUT2D eigenvalue weighted by Crippen LogP contribution is -2.43. The highest BCUT2D eigenvalue weighted by atomic mass is 127. The van der Waals surface area contributed by atoms with Crippen LogP contribution >= 0.6 is 24.0 Å². The number of ether oxygens (including phenoxy) is 1. The summed E-state index contributed by atoms with van der Waals surface area (Å²) >= 11 is 0. The molecule has 0 aliphatic rings. The van der Waals surface area contributed by atoms with Crippen LogP contribution in [-0.2, 0) is 11.3 Å². The van der Waals surface area contributed by atoms with Gasteiger partial charge in [-0.05, 0) is 19.4 Å². The number of nitrogens with zero attached hydrogens (tertiary/aromatic N) is 1. The van der Waals surface area contributed by atoms with E-state index in [0.29, 0.717) is 25.7 Å². The van der Waals surface area contributed by atoms with Crippen LogP contribution < -0.4 is 20.7 Å². The standard InChI is InChI=1S/C18H28N4O2.HI/c1-4-11-20-17(23)14-22-18(19-6-3)21-13-15-9-7-8-10-16(15)24-12-5-2;/h5,7-10H,2,4,6,11-14H2,1,3H3,(H,20,23)(H2,19,21,22);1H. The zero-order valence-corrected chi connectivity index (χ0v) is 17.3. The molecule has 1 amide bonds. The van der Waals surface area contributed by atoms with E-state index in [9.17, 15) is 4.79 Å². The summed E-state index contributed by atoms with van der Waals surface area (Å²) < 4.78 is 5.63. The molecule has 0 saturated carbocycles. The number of halogens is 1. The fourth-order valence-corrected chi connectivity index (χ4v) is 1.92. The van der Waals surface area contributed by atoms with Crippen LogP contribution in [0.1, 0.15) is 25.8 Å². The average Bonchev–Trinajstić information content (AvgIpc) is 2.61. The predicted molar refractivity (Wildman–Crippen MR) is 114 cm³/mol. The van der Waals surface area contributed by atoms with Gasteiger partial charge in [0.1, 0.15) is 12.4 Å². The second-order valence-corrected chi connectivity index (χ2v) is 5.11. The summed E-state index contributed by atoms with van der Waals surface area (Å²) in [5, 5.41) is 8.98. The van der Waals surface area contributed by atoms with Crippen molar-refractivity contribution in [3.8, 4) is 5.75 Å². The van der Waals surface area contributed by atoms with E-state index >= 15 is 0 Å². The fourth-order valence-electron chi connectivity index (χ4n) is 1.92. The van der Waals surface area contributed by atoms with Gasteiger partial charge in [0.25, 0.3) is 0 Å². The lowest BCUT2D eigenvalue weighted by atomic mass is 10.2. The van der Waals surface area contributed by atoms with Gasteiger partial charge in [0.05, 0.1) is 13.1 Å². The highest BCUT2D eigenvalue weighted by molar-refractivity contribution is 14.0. The zero-order valence-electron chi connectivity index (χ0n) is 15.0. The van der Waals surface area contributed by atoms with Crippen LogP contribution in [0.2, 0.25) is 0 Å². The summed E-state index contributed by atoms with van der Waals surface area (Å²) in [6.07, 6.45) is 2.63. The molecule has 0 unspecified atom stereocenters. The van der Waals surface area contributed by atoms with E-state index in [4.69, 9.17) is 4.74 Å². The molecule has 0 saturated heterocycles. The Labute approximate surface area is 167 Å². The van der Waals surface area contributed by atoms with Gasteiger partial charge in [0.15, 0.2) is 5.96 Å². The number of hydrogen-bond donors (Lipinski definition) is 3. The number of nitrogens with one attached hydrogen (secondary N) is 3. The van der Waals surface area contributed by atoms with Gasteiger partial charge < -0.3 is 20.7 Å². The topological polar surface area (TPSA) is 74.8 Å². The van der Waals surface area contributed by atoms with Crippen molar-refractivity contribution < 1.29 is 9.53 Å². The first-order chi connectivity index (χ1) is 11.7. The molecule has 0 heterocycles. The maximum absolute atomic E-state index is 11.7. The molecule has 0 aromatic heterocycles. The van der Waals surface area contributed by atoms with Crippen LogP contribution in [-0.4, -0.2) is 38.1 Å². The normalized spacial score (nSPS) is 10.4. The maximum atomic E-state index is 11.7. The molecule has 1 aromatic rings. The largest absolute Gasteiger partial charge is 0.489 e. The summed E-state index contributed by atoms with van der Waals surface area (Å²) in [4.78, 5) is 16.2. The molecular formula is C18H29IN4O2. The fraction of sp³-hybridized carbons (Fsp3) is 0.444. The molecule has 0 spiro atoms. The number of para-hydroxylation sites is 1. The van der Waals surface area contributed by atoms with Crippen LogP contribution in [0.5, 0.6) is 5.75 Å². The van der Waals surface area contributed by atoms with Crippen molar-refractivity contribution in [3.63, 3.8) is 0 Å². The van der Waals surface area contributed by atoms with Crippen LogP contribution in [0, 0.1) is 0 Å². The SMILES string of the molecule is C=CCOc1ccccc1CN=C(NCC)NCC(=O)NCCC.I. The minimum atomic E-state index is -0.0443. The van der Waals surface area contributed by atoms with E-state index < -0.39 is 0 Å². The summed E-state index contributed by atoms with van der Waals surface area (Å²) in [6, 6.07) is 7.75. The molecule has 0 bridgehead atoms. The summed E-state index contributed by atoms with van der Waals surface area (Å²) in [7, 11) is 0. The van der Waals surface area contributed by atoms with Gasteiger partial charge in [-0.3, -0.25) is 4.79 Å². The molecule has 3 N–H and O–H groups in total. The molecule has 0 aliphatic carbocycles. The summed E-state index contributed by atoms with van der Waals surface area (Å²) in [5.74, 6) is 1.34. The van der Waals surface area contributed by atoms with Crippen LogP contribution in [0.15, 0.2) is 41.9 Å². The third-order valence-corrected chi connectivity index (χ3v) is 3.07. The van der Waals surface area contributed by atoms with E-state index in [0.717, 1.165) is 24.3 Å². The zero-order chi connectivity index (χ0) is 17.6. The number of hydrogen-bond acceptors (Lipinski definition) is 3. The van der Waals surface area contributed by atoms with Crippen molar-refractivity contribution in [1.82, 2.24) is 16.0 Å². The minimum Gasteiger partial charge on any atom is -0.489 e. The molecule has 6 nitrogen and oxygen atoms in total. The molecule has 1 aromatic carbocycles. The molecular weight excluding hydrogens is 431 g/mol. The first-order valence-corrected chi connectivity index (χ1v) is 8.31. The number of amides is 1. The van der Waals surface area contributed by atoms with Gasteiger partial charge in [0.2, 0.25) is 5.91 Å². The lowest BCUT2D eigenvalue weighted by molar-refractivity contribution is -0.120. The Kier molecular flexibility index (Phi) is 13.5. The number of guanidine groups is 1. The molecule has 0 fully saturated rings. The van der Waals surface area contributed by atoms with Crippen LogP contribution in [0.25, 0.3) is 0 Å². The molecule has 140 valence electrons. The molecule has 1 rings (SSSR count). The number of carbonyl (C=O) groups is 1. The molecule has 0 radical (unpaired) electrons. The van der Waals surface area contributed by atoms with Gasteiger partial charge in [-0.2, -0.15) is 0 Å². The first-order valence-electron chi connectivity index (χ1n) is 8.31. The lowest BCUT2D eigenvalue weighted by Gasteiger charge is -2.12. The van der Waals surface area contributed by atoms with E-state index in [1.165, 1.54) is 0 Å². The van der Waals surface area contributed by atoms with E-state index in [-0.39, 0.29) is 36.4 Å². The van der Waals surface area contributed by atoms with E-state index in [2.05, 4.69) is 27.5 Å². The Hall–Kier alpha value is -1.77. The van der Waals surface area contributed by atoms with Gasteiger partial charge >= 0.3 is 0 Å². The van der Waals surface area contributed by atoms with Crippen molar-refractivity contribution >= 4 is 35.8 Å². The Morgan fingerprint density at radius 3 is 2.68 bits per heavy atom. The van der Waals surface area contributed by atoms with Gasteiger partial charge in [-0.25, -0.2) is 4.99 Å². The van der Waals surface area contributed by atoms with Crippen molar-refractivity contribution in [2.75, 3.05) is 26.2 Å². The molecule has 0 aliphatic heterocycles.